The van der Waals surface area contributed by atoms with Gasteiger partial charge in [-0.05, 0) is 12.1 Å². The molecule has 1 fully saturated rings. The summed E-state index contributed by atoms with van der Waals surface area (Å²) in [5.74, 6) is -2.64. The monoisotopic (exact) mass is 534 g/mol. The van der Waals surface area contributed by atoms with Crippen LogP contribution in [0.4, 0.5) is 0 Å². The van der Waals surface area contributed by atoms with E-state index in [0.717, 1.165) is 33.0 Å². The van der Waals surface area contributed by atoms with Crippen LogP contribution < -0.4 is 16.4 Å². The Morgan fingerprint density at radius 3 is 2.81 bits per heavy atom. The van der Waals surface area contributed by atoms with E-state index in [1.807, 2.05) is 0 Å². The van der Waals surface area contributed by atoms with E-state index in [1.54, 1.807) is 6.07 Å². The number of allylic oxidation sites excluding steroid dienone is 1. The first kappa shape index (κ1) is 25.1. The van der Waals surface area contributed by atoms with Crippen molar-refractivity contribution < 1.29 is 28.7 Å². The number of oxime groups is 1. The summed E-state index contributed by atoms with van der Waals surface area (Å²) in [7, 11) is 2.60. The fourth-order valence-electron chi connectivity index (χ4n) is 3.47. The summed E-state index contributed by atoms with van der Waals surface area (Å²) in [6.07, 6.45) is 1.34. The summed E-state index contributed by atoms with van der Waals surface area (Å²) in [5.41, 5.74) is -1.96. The predicted octanol–water partition coefficient (Wildman–Crippen LogP) is -0.543. The normalized spacial score (nSPS) is 19.6. The van der Waals surface area contributed by atoms with E-state index in [4.69, 9.17) is 9.25 Å². The molecule has 4 rings (SSSR count). The highest BCUT2D eigenvalue weighted by molar-refractivity contribution is 8.04. The van der Waals surface area contributed by atoms with Gasteiger partial charge in [-0.1, -0.05) is 35.3 Å². The van der Waals surface area contributed by atoms with E-state index < -0.39 is 40.3 Å². The number of amides is 2. The molecule has 2 atom stereocenters. The highest BCUT2D eigenvalue weighted by atomic mass is 32.2. The third-order valence-electron chi connectivity index (χ3n) is 5.20. The number of hydrogen-bond acceptors (Lipinski definition) is 11. The Morgan fingerprint density at radius 1 is 1.42 bits per heavy atom. The molecule has 1 saturated heterocycles. The topological polar surface area (TPSA) is 189 Å². The molecule has 2 aromatic heterocycles. The van der Waals surface area contributed by atoms with Crippen molar-refractivity contribution in [3.63, 3.8) is 0 Å². The molecular weight excluding hydrogens is 516 g/mol. The van der Waals surface area contributed by atoms with Crippen LogP contribution in [-0.4, -0.2) is 72.5 Å². The number of nitrogens with one attached hydrogen (secondary N) is 2. The van der Waals surface area contributed by atoms with Gasteiger partial charge in [0, 0.05) is 23.3 Å². The lowest BCUT2D eigenvalue weighted by molar-refractivity contribution is -0.150. The van der Waals surface area contributed by atoms with Crippen molar-refractivity contribution in [1.29, 1.82) is 0 Å². The lowest BCUT2D eigenvalue weighted by atomic mass is 10.0. The number of nitrogens with zero attached hydrogens (tertiary/aromatic N) is 4. The quantitative estimate of drug-likeness (QED) is 0.130. The second-order valence-corrected chi connectivity index (χ2v) is 9.47. The van der Waals surface area contributed by atoms with Crippen LogP contribution in [0.1, 0.15) is 5.76 Å². The summed E-state index contributed by atoms with van der Waals surface area (Å²) in [6, 6.07) is 1.99. The Balaban J connectivity index is 1.56. The third-order valence-corrected chi connectivity index (χ3v) is 7.51. The Bertz CT molecular complexity index is 1440. The fraction of sp³-hybridized carbons (Fsp3) is 0.250. The second-order valence-electron chi connectivity index (χ2n) is 7.31. The van der Waals surface area contributed by atoms with E-state index in [0.29, 0.717) is 4.91 Å². The van der Waals surface area contributed by atoms with Crippen molar-refractivity contribution in [3.8, 4) is 0 Å². The number of thioether (sulfide) groups is 2. The van der Waals surface area contributed by atoms with Crippen LogP contribution in [0.3, 0.4) is 0 Å². The molecular formula is C20H18N6O8S2. The standard InChI is InChI=1S/C20H18N6O8S2/c1-8-9(7-35-20-23-22-15(28)17(30)25(20)2)13(19(31)32)26-16(29)12(18(26)36-8)21-14(27)11(24-33-3)10-5-4-6-34-10/h4-6,12,18H,1,7H2,2-3H3,(H,21,27)(H,22,28)(H,31,32)/t12-,18-/m1/s1. The first-order valence-electron chi connectivity index (χ1n) is 10.1. The minimum Gasteiger partial charge on any atom is -0.477 e. The molecule has 2 aliphatic heterocycles. The van der Waals surface area contributed by atoms with Gasteiger partial charge >= 0.3 is 17.1 Å². The molecule has 0 saturated carbocycles. The molecule has 0 bridgehead atoms. The fourth-order valence-corrected chi connectivity index (χ4v) is 5.77. The molecule has 0 aliphatic carbocycles. The molecule has 2 aromatic rings. The van der Waals surface area contributed by atoms with E-state index in [9.17, 15) is 29.1 Å². The van der Waals surface area contributed by atoms with Gasteiger partial charge in [0.05, 0.1) is 6.26 Å². The molecule has 14 nitrogen and oxygen atoms in total. The number of furan rings is 1. The number of hydrogen-bond donors (Lipinski definition) is 3. The third kappa shape index (κ3) is 4.35. The van der Waals surface area contributed by atoms with Crippen LogP contribution in [0.15, 0.2) is 65.5 Å². The summed E-state index contributed by atoms with van der Waals surface area (Å²) in [4.78, 5) is 67.2. The predicted molar refractivity (Wildman–Crippen MR) is 127 cm³/mol. The second kappa shape index (κ2) is 9.90. The van der Waals surface area contributed by atoms with Crippen molar-refractivity contribution >= 4 is 47.0 Å². The average Bonchev–Trinajstić information content (AvgIpc) is 3.38. The number of β-lactam (4-membered cyclic amide) rings is 1. The number of carboxylic acids is 1. The highest BCUT2D eigenvalue weighted by Crippen LogP contribution is 2.46. The van der Waals surface area contributed by atoms with Crippen molar-refractivity contribution in [3.05, 3.63) is 67.6 Å². The van der Waals surface area contributed by atoms with Gasteiger partial charge in [0.1, 0.15) is 24.2 Å². The first-order chi connectivity index (χ1) is 17.1. The first-order valence-corrected chi connectivity index (χ1v) is 11.9. The zero-order valence-corrected chi connectivity index (χ0v) is 20.3. The van der Waals surface area contributed by atoms with Gasteiger partial charge in [-0.25, -0.2) is 9.89 Å². The lowest BCUT2D eigenvalue weighted by Gasteiger charge is -2.49. The molecule has 4 heterocycles. The number of fused-ring (bicyclic) bond motifs is 1. The van der Waals surface area contributed by atoms with E-state index >= 15 is 0 Å². The van der Waals surface area contributed by atoms with E-state index in [-0.39, 0.29) is 33.7 Å². The SMILES string of the molecule is C=C1S[C@@H]2[C@H](NC(=O)C(=NOC)c3ccco3)C(=O)N2C(C(=O)O)=C1CSc1n[nH]c(=O)c(=O)n1C. The minimum atomic E-state index is -1.37. The van der Waals surface area contributed by atoms with Gasteiger partial charge in [-0.3, -0.25) is 28.6 Å². The zero-order valence-electron chi connectivity index (χ0n) is 18.7. The highest BCUT2D eigenvalue weighted by Gasteiger charge is 2.55. The summed E-state index contributed by atoms with van der Waals surface area (Å²) < 4.78 is 6.21. The molecule has 0 radical (unpaired) electrons. The molecule has 36 heavy (non-hydrogen) atoms. The Morgan fingerprint density at radius 2 is 2.17 bits per heavy atom. The maximum absolute atomic E-state index is 12.9. The van der Waals surface area contributed by atoms with Crippen molar-refractivity contribution in [2.75, 3.05) is 12.9 Å². The van der Waals surface area contributed by atoms with Gasteiger partial charge in [0.2, 0.25) is 5.71 Å². The smallest absolute Gasteiger partial charge is 0.353 e. The lowest BCUT2D eigenvalue weighted by Crippen LogP contribution is -2.70. The number of carboxylic acid groups (broad SMARTS) is 1. The maximum atomic E-state index is 12.9. The summed E-state index contributed by atoms with van der Waals surface area (Å²) in [6.45, 7) is 3.93. The maximum Gasteiger partial charge on any atom is 0.353 e. The number of aliphatic carboxylic acids is 1. The molecule has 16 heteroatoms. The van der Waals surface area contributed by atoms with Gasteiger partial charge in [0.25, 0.3) is 11.8 Å². The van der Waals surface area contributed by atoms with Crippen LogP contribution in [0.25, 0.3) is 0 Å². The van der Waals surface area contributed by atoms with Gasteiger partial charge in [0.15, 0.2) is 10.9 Å². The van der Waals surface area contributed by atoms with Crippen LogP contribution in [0.2, 0.25) is 0 Å². The summed E-state index contributed by atoms with van der Waals surface area (Å²) >= 11 is 2.09. The number of aromatic amines is 1. The number of rotatable bonds is 8. The van der Waals surface area contributed by atoms with Crippen LogP contribution in [0, 0.1) is 0 Å². The Labute approximate surface area is 210 Å². The molecule has 0 unspecified atom stereocenters. The van der Waals surface area contributed by atoms with Gasteiger partial charge < -0.3 is 19.7 Å². The molecule has 0 aromatic carbocycles. The number of carbonyl (C=O) groups is 3. The minimum absolute atomic E-state index is 0.00352. The van der Waals surface area contributed by atoms with Crippen molar-refractivity contribution in [2.24, 2.45) is 12.2 Å². The number of carbonyl (C=O) groups excluding carboxylic acids is 2. The summed E-state index contributed by atoms with van der Waals surface area (Å²) in [5, 5.41) is 21.3. The van der Waals surface area contributed by atoms with Crippen LogP contribution in [0.5, 0.6) is 0 Å². The molecule has 0 spiro atoms. The number of aromatic nitrogens is 3. The average molecular weight is 535 g/mol. The Kier molecular flexibility index (Phi) is 6.89. The van der Waals surface area contributed by atoms with E-state index in [2.05, 4.69) is 27.2 Å². The van der Waals surface area contributed by atoms with Crippen LogP contribution in [-0.2, 0) is 26.3 Å². The molecule has 2 amide bonds. The zero-order chi connectivity index (χ0) is 26.1. The molecule has 188 valence electrons. The molecule has 2 aliphatic rings. The molecule has 3 N–H and O–H groups in total. The Hall–Kier alpha value is -4.05. The largest absolute Gasteiger partial charge is 0.477 e. The van der Waals surface area contributed by atoms with Crippen LogP contribution >= 0.6 is 23.5 Å². The van der Waals surface area contributed by atoms with Crippen molar-refractivity contribution in [2.45, 2.75) is 16.6 Å². The van der Waals surface area contributed by atoms with Gasteiger partial charge in [-0.2, -0.15) is 0 Å². The number of H-pyrrole nitrogens is 1. The van der Waals surface area contributed by atoms with Gasteiger partial charge in [-0.15, -0.1) is 5.10 Å². The van der Waals surface area contributed by atoms with Crippen molar-refractivity contribution in [1.82, 2.24) is 25.0 Å². The van der Waals surface area contributed by atoms with E-state index in [1.165, 1.54) is 26.5 Å².